The molecule has 0 amide bonds. The van der Waals surface area contributed by atoms with Crippen LogP contribution in [0.5, 0.6) is 0 Å². The van der Waals surface area contributed by atoms with Crippen molar-refractivity contribution in [2.75, 3.05) is 12.0 Å². The third-order valence-electron chi connectivity index (χ3n) is 1.52. The minimum atomic E-state index is 1.08. The lowest BCUT2D eigenvalue weighted by Crippen LogP contribution is -1.89. The Morgan fingerprint density at radius 3 is 3.00 bits per heavy atom. The number of aryl methyl sites for hydroxylation is 2. The van der Waals surface area contributed by atoms with Gasteiger partial charge in [-0.25, -0.2) is 4.98 Å². The number of hydrogen-bond acceptors (Lipinski definition) is 2. The van der Waals surface area contributed by atoms with Gasteiger partial charge < -0.3 is 4.98 Å². The fourth-order valence-electron chi connectivity index (χ4n) is 0.978. The lowest BCUT2D eigenvalue weighted by molar-refractivity contribution is 0.862. The molecule has 3 heteroatoms. The number of aromatic nitrogens is 2. The summed E-state index contributed by atoms with van der Waals surface area (Å²) in [5.41, 5.74) is 1.16. The number of imidazole rings is 1. The fourth-order valence-corrected chi connectivity index (χ4v) is 1.41. The highest BCUT2D eigenvalue weighted by atomic mass is 32.2. The summed E-state index contributed by atoms with van der Waals surface area (Å²) < 4.78 is 0. The Kier molecular flexibility index (Phi) is 3.49. The van der Waals surface area contributed by atoms with Crippen LogP contribution < -0.4 is 0 Å². The molecule has 11 heavy (non-hydrogen) atoms. The van der Waals surface area contributed by atoms with Crippen molar-refractivity contribution in [1.29, 1.82) is 0 Å². The van der Waals surface area contributed by atoms with Crippen LogP contribution in [0.25, 0.3) is 0 Å². The van der Waals surface area contributed by atoms with E-state index in [0.717, 1.165) is 17.9 Å². The smallest absolute Gasteiger partial charge is 0.106 e. The first-order valence-electron chi connectivity index (χ1n) is 3.82. The van der Waals surface area contributed by atoms with Gasteiger partial charge in [0.1, 0.15) is 5.82 Å². The molecule has 1 aromatic rings. The van der Waals surface area contributed by atoms with E-state index in [1.165, 1.54) is 12.2 Å². The number of aromatic amines is 1. The first kappa shape index (κ1) is 8.65. The second kappa shape index (κ2) is 4.44. The number of nitrogens with one attached hydrogen (secondary N) is 1. The maximum atomic E-state index is 4.22. The molecule has 1 N–H and O–H groups in total. The summed E-state index contributed by atoms with van der Waals surface area (Å²) in [5.74, 6) is 2.34. The lowest BCUT2D eigenvalue weighted by Gasteiger charge is -1.93. The van der Waals surface area contributed by atoms with Crippen LogP contribution in [0.2, 0.25) is 0 Å². The summed E-state index contributed by atoms with van der Waals surface area (Å²) in [6.07, 6.45) is 6.31. The molecule has 0 unspecified atom stereocenters. The summed E-state index contributed by atoms with van der Waals surface area (Å²) in [6.45, 7) is 2.03. The van der Waals surface area contributed by atoms with Gasteiger partial charge in [0.15, 0.2) is 0 Å². The molecule has 1 aromatic heterocycles. The molecule has 0 aromatic carbocycles. The van der Waals surface area contributed by atoms with Crippen molar-refractivity contribution in [3.63, 3.8) is 0 Å². The van der Waals surface area contributed by atoms with Crippen molar-refractivity contribution in [3.05, 3.63) is 17.7 Å². The molecule has 0 fully saturated rings. The molecule has 0 aliphatic heterocycles. The van der Waals surface area contributed by atoms with E-state index in [4.69, 9.17) is 0 Å². The van der Waals surface area contributed by atoms with Gasteiger partial charge in [-0.3, -0.25) is 0 Å². The van der Waals surface area contributed by atoms with Crippen LogP contribution in [-0.4, -0.2) is 22.0 Å². The van der Waals surface area contributed by atoms with Crippen molar-refractivity contribution in [3.8, 4) is 0 Å². The average molecular weight is 170 g/mol. The van der Waals surface area contributed by atoms with Crippen LogP contribution in [0.1, 0.15) is 17.9 Å². The third kappa shape index (κ3) is 2.97. The topological polar surface area (TPSA) is 28.7 Å². The molecular formula is C8H14N2S. The largest absolute Gasteiger partial charge is 0.346 e. The van der Waals surface area contributed by atoms with Crippen LogP contribution in [0.3, 0.4) is 0 Å². The molecule has 0 aliphatic carbocycles. The second-order valence-electron chi connectivity index (χ2n) is 2.61. The Labute approximate surface area is 71.8 Å². The molecule has 0 saturated carbocycles. The fraction of sp³-hybridized carbons (Fsp3) is 0.625. The average Bonchev–Trinajstić information content (AvgIpc) is 2.37. The molecule has 0 bridgehead atoms. The number of H-pyrrole nitrogens is 1. The van der Waals surface area contributed by atoms with Crippen molar-refractivity contribution < 1.29 is 0 Å². The first-order valence-corrected chi connectivity index (χ1v) is 5.21. The SMILES string of the molecule is CSCCCc1ncc(C)[nH]1. The van der Waals surface area contributed by atoms with E-state index in [1.807, 2.05) is 24.9 Å². The highest BCUT2D eigenvalue weighted by Crippen LogP contribution is 2.02. The summed E-state index contributed by atoms with van der Waals surface area (Å²) in [6, 6.07) is 0. The number of nitrogens with zero attached hydrogens (tertiary/aromatic N) is 1. The van der Waals surface area contributed by atoms with E-state index in [0.29, 0.717) is 0 Å². The quantitative estimate of drug-likeness (QED) is 0.700. The predicted molar refractivity (Wildman–Crippen MR) is 50.0 cm³/mol. The Bertz CT molecular complexity index is 208. The summed E-state index contributed by atoms with van der Waals surface area (Å²) in [4.78, 5) is 7.44. The van der Waals surface area contributed by atoms with Gasteiger partial charge in [0, 0.05) is 18.3 Å². The highest BCUT2D eigenvalue weighted by molar-refractivity contribution is 7.98. The van der Waals surface area contributed by atoms with Gasteiger partial charge >= 0.3 is 0 Å². The number of rotatable bonds is 4. The summed E-state index contributed by atoms with van der Waals surface area (Å²) in [7, 11) is 0. The van der Waals surface area contributed by atoms with Gasteiger partial charge in [-0.2, -0.15) is 11.8 Å². The molecule has 62 valence electrons. The van der Waals surface area contributed by atoms with Gasteiger partial charge in [0.25, 0.3) is 0 Å². The minimum absolute atomic E-state index is 1.08. The van der Waals surface area contributed by atoms with E-state index < -0.39 is 0 Å². The van der Waals surface area contributed by atoms with E-state index >= 15 is 0 Å². The normalized spacial score (nSPS) is 10.4. The Hall–Kier alpha value is -0.440. The van der Waals surface area contributed by atoms with E-state index in [1.54, 1.807) is 0 Å². The molecule has 0 saturated heterocycles. The van der Waals surface area contributed by atoms with Crippen molar-refractivity contribution >= 4 is 11.8 Å². The Balaban J connectivity index is 2.27. The van der Waals surface area contributed by atoms with Crippen LogP contribution in [0.15, 0.2) is 6.20 Å². The maximum absolute atomic E-state index is 4.22. The van der Waals surface area contributed by atoms with E-state index in [-0.39, 0.29) is 0 Å². The molecule has 1 rings (SSSR count). The molecule has 0 radical (unpaired) electrons. The van der Waals surface area contributed by atoms with Gasteiger partial charge in [-0.15, -0.1) is 0 Å². The predicted octanol–water partition coefficient (Wildman–Crippen LogP) is 2.01. The first-order chi connectivity index (χ1) is 5.33. The minimum Gasteiger partial charge on any atom is -0.346 e. The second-order valence-corrected chi connectivity index (χ2v) is 3.59. The standard InChI is InChI=1S/C8H14N2S/c1-7-6-9-8(10-7)4-3-5-11-2/h6H,3-5H2,1-2H3,(H,9,10). The van der Waals surface area contributed by atoms with E-state index in [9.17, 15) is 0 Å². The molecule has 0 aliphatic rings. The van der Waals surface area contributed by atoms with Crippen LogP contribution >= 0.6 is 11.8 Å². The summed E-state index contributed by atoms with van der Waals surface area (Å²) in [5, 5.41) is 0. The zero-order valence-electron chi connectivity index (χ0n) is 7.05. The van der Waals surface area contributed by atoms with E-state index in [2.05, 4.69) is 16.2 Å². The number of thioether (sulfide) groups is 1. The zero-order chi connectivity index (χ0) is 8.10. The van der Waals surface area contributed by atoms with Gasteiger partial charge in [-0.05, 0) is 25.4 Å². The molecule has 0 atom stereocenters. The van der Waals surface area contributed by atoms with Gasteiger partial charge in [0.2, 0.25) is 0 Å². The Morgan fingerprint density at radius 2 is 2.45 bits per heavy atom. The van der Waals surface area contributed by atoms with Crippen molar-refractivity contribution in [1.82, 2.24) is 9.97 Å². The van der Waals surface area contributed by atoms with Crippen molar-refractivity contribution in [2.24, 2.45) is 0 Å². The number of hydrogen-bond donors (Lipinski definition) is 1. The summed E-state index contributed by atoms with van der Waals surface area (Å²) >= 11 is 1.89. The van der Waals surface area contributed by atoms with Crippen molar-refractivity contribution in [2.45, 2.75) is 19.8 Å². The van der Waals surface area contributed by atoms with Gasteiger partial charge in [-0.1, -0.05) is 0 Å². The monoisotopic (exact) mass is 170 g/mol. The maximum Gasteiger partial charge on any atom is 0.106 e. The third-order valence-corrected chi connectivity index (χ3v) is 2.21. The van der Waals surface area contributed by atoms with Crippen LogP contribution in [0.4, 0.5) is 0 Å². The van der Waals surface area contributed by atoms with Crippen LogP contribution in [-0.2, 0) is 6.42 Å². The Morgan fingerprint density at radius 1 is 1.64 bits per heavy atom. The van der Waals surface area contributed by atoms with Gasteiger partial charge in [0.05, 0.1) is 0 Å². The highest BCUT2D eigenvalue weighted by Gasteiger charge is 1.95. The molecular weight excluding hydrogens is 156 g/mol. The molecule has 2 nitrogen and oxygen atoms in total. The van der Waals surface area contributed by atoms with Crippen LogP contribution in [0, 0.1) is 6.92 Å². The molecule has 0 spiro atoms. The lowest BCUT2D eigenvalue weighted by atomic mass is 10.3. The zero-order valence-corrected chi connectivity index (χ0v) is 7.87. The molecule has 1 heterocycles.